The average Bonchev–Trinajstić information content (AvgIpc) is 2.82. The van der Waals surface area contributed by atoms with Crippen LogP contribution in [0.2, 0.25) is 5.28 Å². The Kier molecular flexibility index (Phi) is 2.68. The van der Waals surface area contributed by atoms with Crippen LogP contribution in [0.25, 0.3) is 22.2 Å². The minimum Gasteiger partial charge on any atom is -0.366 e. The number of hydrogen-bond acceptors (Lipinski definition) is 3. The fourth-order valence-corrected chi connectivity index (χ4v) is 2.20. The molecule has 0 atom stereocenters. The lowest BCUT2D eigenvalue weighted by Crippen LogP contribution is -2.11. The van der Waals surface area contributed by atoms with Gasteiger partial charge in [-0.05, 0) is 23.7 Å². The van der Waals surface area contributed by atoms with Crippen molar-refractivity contribution in [3.05, 3.63) is 47.5 Å². The number of primary amides is 1. The Bertz CT molecular complexity index is 781. The number of hydrogen-bond donors (Lipinski definition) is 2. The van der Waals surface area contributed by atoms with Crippen LogP contribution >= 0.6 is 11.6 Å². The van der Waals surface area contributed by atoms with Gasteiger partial charge in [0.25, 0.3) is 5.91 Å². The molecule has 0 radical (unpaired) electrons. The van der Waals surface area contributed by atoms with E-state index in [1.807, 2.05) is 6.07 Å². The summed E-state index contributed by atoms with van der Waals surface area (Å²) < 4.78 is 0. The lowest BCUT2D eigenvalue weighted by Gasteiger charge is -2.00. The molecular formula is C13H9ClN4O. The SMILES string of the molecule is NC(=O)c1cccc2c(-c3ccnc(Cl)n3)c[nH]c12. The first-order valence-electron chi connectivity index (χ1n) is 5.55. The first kappa shape index (κ1) is 11.7. The second kappa shape index (κ2) is 4.37. The van der Waals surface area contributed by atoms with Crippen LogP contribution in [0.4, 0.5) is 0 Å². The molecule has 3 rings (SSSR count). The van der Waals surface area contributed by atoms with E-state index in [4.69, 9.17) is 17.3 Å². The minimum absolute atomic E-state index is 0.179. The molecule has 0 aliphatic carbocycles. The number of amides is 1. The molecule has 3 aromatic rings. The highest BCUT2D eigenvalue weighted by Gasteiger charge is 2.12. The number of halogens is 1. The lowest BCUT2D eigenvalue weighted by molar-refractivity contribution is 0.100. The zero-order chi connectivity index (χ0) is 13.4. The van der Waals surface area contributed by atoms with Crippen molar-refractivity contribution in [3.8, 4) is 11.3 Å². The second-order valence-corrected chi connectivity index (χ2v) is 4.34. The number of rotatable bonds is 2. The van der Waals surface area contributed by atoms with E-state index in [-0.39, 0.29) is 5.28 Å². The van der Waals surface area contributed by atoms with Gasteiger partial charge in [-0.3, -0.25) is 4.79 Å². The van der Waals surface area contributed by atoms with Crippen molar-refractivity contribution in [2.24, 2.45) is 5.73 Å². The van der Waals surface area contributed by atoms with Crippen molar-refractivity contribution in [1.82, 2.24) is 15.0 Å². The maximum atomic E-state index is 11.4. The van der Waals surface area contributed by atoms with Gasteiger partial charge < -0.3 is 10.7 Å². The molecule has 0 aliphatic heterocycles. The number of carbonyl (C=O) groups is 1. The smallest absolute Gasteiger partial charge is 0.250 e. The van der Waals surface area contributed by atoms with Crippen molar-refractivity contribution in [3.63, 3.8) is 0 Å². The molecule has 0 spiro atoms. The normalized spacial score (nSPS) is 10.8. The van der Waals surface area contributed by atoms with E-state index in [0.717, 1.165) is 10.9 Å². The molecule has 1 aromatic carbocycles. The summed E-state index contributed by atoms with van der Waals surface area (Å²) in [5.74, 6) is -0.472. The maximum absolute atomic E-state index is 11.4. The van der Waals surface area contributed by atoms with Gasteiger partial charge >= 0.3 is 0 Å². The van der Waals surface area contributed by atoms with E-state index >= 15 is 0 Å². The number of fused-ring (bicyclic) bond motifs is 1. The molecule has 1 amide bonds. The highest BCUT2D eigenvalue weighted by atomic mass is 35.5. The summed E-state index contributed by atoms with van der Waals surface area (Å²) in [6.45, 7) is 0. The summed E-state index contributed by atoms with van der Waals surface area (Å²) in [6.07, 6.45) is 3.36. The molecule has 0 unspecified atom stereocenters. The Balaban J connectivity index is 2.27. The predicted molar refractivity (Wildman–Crippen MR) is 72.9 cm³/mol. The molecule has 5 nitrogen and oxygen atoms in total. The van der Waals surface area contributed by atoms with E-state index in [1.165, 1.54) is 0 Å². The van der Waals surface area contributed by atoms with Crippen LogP contribution in [-0.4, -0.2) is 20.9 Å². The number of nitrogens with two attached hydrogens (primary N) is 1. The predicted octanol–water partition coefficient (Wildman–Crippen LogP) is 2.38. The molecule has 0 bridgehead atoms. The van der Waals surface area contributed by atoms with Crippen molar-refractivity contribution >= 4 is 28.4 Å². The Morgan fingerprint density at radius 1 is 1.32 bits per heavy atom. The number of aromatic amines is 1. The summed E-state index contributed by atoms with van der Waals surface area (Å²) in [5, 5.41) is 1.05. The van der Waals surface area contributed by atoms with Gasteiger partial charge in [0.1, 0.15) is 0 Å². The van der Waals surface area contributed by atoms with Gasteiger partial charge in [0.05, 0.1) is 16.8 Å². The molecule has 0 aliphatic rings. The van der Waals surface area contributed by atoms with E-state index in [2.05, 4.69) is 15.0 Å². The van der Waals surface area contributed by atoms with Gasteiger partial charge in [-0.1, -0.05) is 12.1 Å². The van der Waals surface area contributed by atoms with Crippen molar-refractivity contribution in [2.45, 2.75) is 0 Å². The van der Waals surface area contributed by atoms with Gasteiger partial charge in [-0.25, -0.2) is 9.97 Å². The van der Waals surface area contributed by atoms with E-state index in [0.29, 0.717) is 16.8 Å². The Morgan fingerprint density at radius 2 is 2.16 bits per heavy atom. The average molecular weight is 273 g/mol. The molecule has 2 aromatic heterocycles. The van der Waals surface area contributed by atoms with Crippen LogP contribution in [-0.2, 0) is 0 Å². The van der Waals surface area contributed by atoms with Crippen molar-refractivity contribution in [2.75, 3.05) is 0 Å². The van der Waals surface area contributed by atoms with E-state index in [9.17, 15) is 4.79 Å². The first-order chi connectivity index (χ1) is 9.16. The quantitative estimate of drug-likeness (QED) is 0.703. The van der Waals surface area contributed by atoms with Gasteiger partial charge in [0.15, 0.2) is 0 Å². The number of nitrogens with zero attached hydrogens (tertiary/aromatic N) is 2. The molecule has 2 heterocycles. The standard InChI is InChI=1S/C13H9ClN4O/c14-13-16-5-4-10(18-13)9-6-17-11-7(9)2-1-3-8(11)12(15)19/h1-6,17H,(H2,15,19). The monoisotopic (exact) mass is 272 g/mol. The third-order valence-corrected chi connectivity index (χ3v) is 3.07. The molecule has 0 saturated heterocycles. The van der Waals surface area contributed by atoms with Crippen molar-refractivity contribution < 1.29 is 4.79 Å². The largest absolute Gasteiger partial charge is 0.366 e. The number of para-hydroxylation sites is 1. The molecule has 0 saturated carbocycles. The van der Waals surface area contributed by atoms with Crippen LogP contribution in [0.15, 0.2) is 36.7 Å². The molecule has 0 fully saturated rings. The molecule has 19 heavy (non-hydrogen) atoms. The summed E-state index contributed by atoms with van der Waals surface area (Å²) in [7, 11) is 0. The van der Waals surface area contributed by atoms with E-state index in [1.54, 1.807) is 30.6 Å². The highest BCUT2D eigenvalue weighted by Crippen LogP contribution is 2.29. The minimum atomic E-state index is -0.472. The fraction of sp³-hybridized carbons (Fsp3) is 0. The molecule has 6 heteroatoms. The Labute approximate surface area is 113 Å². The molecule has 94 valence electrons. The van der Waals surface area contributed by atoms with Crippen LogP contribution in [0, 0.1) is 0 Å². The molecule has 3 N–H and O–H groups in total. The zero-order valence-electron chi connectivity index (χ0n) is 9.72. The Morgan fingerprint density at radius 3 is 2.89 bits per heavy atom. The second-order valence-electron chi connectivity index (χ2n) is 4.01. The maximum Gasteiger partial charge on any atom is 0.250 e. The van der Waals surface area contributed by atoms with E-state index < -0.39 is 5.91 Å². The van der Waals surface area contributed by atoms with Gasteiger partial charge in [-0.2, -0.15) is 0 Å². The van der Waals surface area contributed by atoms with Crippen LogP contribution in [0.5, 0.6) is 0 Å². The third kappa shape index (κ3) is 1.94. The van der Waals surface area contributed by atoms with Gasteiger partial charge in [0.2, 0.25) is 5.28 Å². The van der Waals surface area contributed by atoms with Crippen molar-refractivity contribution in [1.29, 1.82) is 0 Å². The third-order valence-electron chi connectivity index (χ3n) is 2.88. The fourth-order valence-electron chi connectivity index (χ4n) is 2.06. The number of benzene rings is 1. The van der Waals surface area contributed by atoms with Gasteiger partial charge in [-0.15, -0.1) is 0 Å². The molecular weight excluding hydrogens is 264 g/mol. The van der Waals surface area contributed by atoms with Crippen LogP contribution in [0.1, 0.15) is 10.4 Å². The summed E-state index contributed by atoms with van der Waals surface area (Å²) in [4.78, 5) is 22.4. The zero-order valence-corrected chi connectivity index (χ0v) is 10.5. The van der Waals surface area contributed by atoms with Crippen LogP contribution in [0.3, 0.4) is 0 Å². The summed E-state index contributed by atoms with van der Waals surface area (Å²) in [6, 6.07) is 7.11. The van der Waals surface area contributed by atoms with Crippen LogP contribution < -0.4 is 5.73 Å². The number of nitrogens with one attached hydrogen (secondary N) is 1. The number of carbonyl (C=O) groups excluding carboxylic acids is 1. The number of aromatic nitrogens is 3. The highest BCUT2D eigenvalue weighted by molar-refractivity contribution is 6.28. The summed E-state index contributed by atoms with van der Waals surface area (Å²) in [5.41, 5.74) is 8.03. The lowest BCUT2D eigenvalue weighted by atomic mass is 10.1. The first-order valence-corrected chi connectivity index (χ1v) is 5.93. The topological polar surface area (TPSA) is 84.7 Å². The van der Waals surface area contributed by atoms with Gasteiger partial charge in [0, 0.05) is 23.3 Å². The summed E-state index contributed by atoms with van der Waals surface area (Å²) >= 11 is 5.79. The number of H-pyrrole nitrogens is 1. The Hall–Kier alpha value is -2.40.